The Balaban J connectivity index is 1.64. The van der Waals surface area contributed by atoms with Gasteiger partial charge in [0.2, 0.25) is 5.91 Å². The monoisotopic (exact) mass is 264 g/mol. The van der Waals surface area contributed by atoms with Gasteiger partial charge in [0.1, 0.15) is 0 Å². The zero-order valence-electron chi connectivity index (χ0n) is 12.1. The normalized spacial score (nSPS) is 34.7. The Hall–Kier alpha value is -0.570. The van der Waals surface area contributed by atoms with Gasteiger partial charge in [0.25, 0.3) is 0 Å². The van der Waals surface area contributed by atoms with Crippen LogP contribution in [0.2, 0.25) is 0 Å². The fraction of sp³-hybridized carbons (Fsp3) is 0.938. The number of hydrogen-bond acceptors (Lipinski definition) is 2. The summed E-state index contributed by atoms with van der Waals surface area (Å²) in [4.78, 5) is 14.9. The van der Waals surface area contributed by atoms with E-state index in [1.54, 1.807) is 0 Å². The van der Waals surface area contributed by atoms with Crippen molar-refractivity contribution in [2.45, 2.75) is 69.7 Å². The van der Waals surface area contributed by atoms with Crippen molar-refractivity contribution in [3.63, 3.8) is 0 Å². The molecule has 3 rings (SSSR count). The maximum absolute atomic E-state index is 12.8. The fourth-order valence-electron chi connectivity index (χ4n) is 4.50. The number of rotatable bonds is 1. The number of nitrogens with zero attached hydrogens (tertiary/aromatic N) is 1. The van der Waals surface area contributed by atoms with Gasteiger partial charge in [-0.3, -0.25) is 4.79 Å². The predicted molar refractivity (Wildman–Crippen MR) is 76.6 cm³/mol. The summed E-state index contributed by atoms with van der Waals surface area (Å²) >= 11 is 0. The highest BCUT2D eigenvalue weighted by Crippen LogP contribution is 2.37. The molecular weight excluding hydrogens is 236 g/mol. The second-order valence-corrected chi connectivity index (χ2v) is 7.06. The Morgan fingerprint density at radius 1 is 0.947 bits per heavy atom. The van der Waals surface area contributed by atoms with Gasteiger partial charge in [-0.1, -0.05) is 38.5 Å². The second-order valence-electron chi connectivity index (χ2n) is 7.06. The second kappa shape index (κ2) is 5.43. The van der Waals surface area contributed by atoms with E-state index in [4.69, 9.17) is 5.73 Å². The summed E-state index contributed by atoms with van der Waals surface area (Å²) in [6, 6.07) is 0. The minimum absolute atomic E-state index is 0.260. The molecule has 1 heterocycles. The SMILES string of the molecule is NC1(C(=O)N2CCC3CCCCC3C2)CCCCC1. The molecular formula is C16H28N2O. The van der Waals surface area contributed by atoms with Crippen molar-refractivity contribution in [1.29, 1.82) is 0 Å². The minimum Gasteiger partial charge on any atom is -0.341 e. The van der Waals surface area contributed by atoms with Crippen LogP contribution in [-0.2, 0) is 4.79 Å². The van der Waals surface area contributed by atoms with Gasteiger partial charge in [-0.05, 0) is 37.5 Å². The first-order chi connectivity index (χ1) is 9.19. The maximum atomic E-state index is 12.8. The molecule has 3 aliphatic rings. The third-order valence-corrected chi connectivity index (χ3v) is 5.75. The van der Waals surface area contributed by atoms with E-state index in [0.29, 0.717) is 0 Å². The molecule has 108 valence electrons. The van der Waals surface area contributed by atoms with Crippen LogP contribution in [0.25, 0.3) is 0 Å². The van der Waals surface area contributed by atoms with E-state index in [2.05, 4.69) is 4.90 Å². The molecule has 3 heteroatoms. The van der Waals surface area contributed by atoms with Crippen LogP contribution in [0.3, 0.4) is 0 Å². The molecule has 0 aromatic heterocycles. The Kier molecular flexibility index (Phi) is 3.84. The van der Waals surface area contributed by atoms with Gasteiger partial charge in [0, 0.05) is 13.1 Å². The lowest BCUT2D eigenvalue weighted by atomic mass is 9.74. The highest BCUT2D eigenvalue weighted by Gasteiger charge is 2.41. The third kappa shape index (κ3) is 2.67. The van der Waals surface area contributed by atoms with Crippen LogP contribution in [0.1, 0.15) is 64.2 Å². The first-order valence-corrected chi connectivity index (χ1v) is 8.27. The highest BCUT2D eigenvalue weighted by atomic mass is 16.2. The average Bonchev–Trinajstić information content (AvgIpc) is 2.47. The summed E-state index contributed by atoms with van der Waals surface area (Å²) in [7, 11) is 0. The van der Waals surface area contributed by atoms with E-state index >= 15 is 0 Å². The van der Waals surface area contributed by atoms with Crippen LogP contribution in [0.4, 0.5) is 0 Å². The van der Waals surface area contributed by atoms with Crippen molar-refractivity contribution in [3.8, 4) is 0 Å². The van der Waals surface area contributed by atoms with Crippen LogP contribution < -0.4 is 5.73 Å². The number of carbonyl (C=O) groups is 1. The lowest BCUT2D eigenvalue weighted by molar-refractivity contribution is -0.141. The minimum atomic E-state index is -0.528. The molecule has 3 fully saturated rings. The third-order valence-electron chi connectivity index (χ3n) is 5.75. The summed E-state index contributed by atoms with van der Waals surface area (Å²) < 4.78 is 0. The Labute approximate surface area is 116 Å². The van der Waals surface area contributed by atoms with Gasteiger partial charge in [-0.25, -0.2) is 0 Å². The lowest BCUT2D eigenvalue weighted by Crippen LogP contribution is -2.59. The number of piperidine rings is 1. The molecule has 0 bridgehead atoms. The topological polar surface area (TPSA) is 46.3 Å². The van der Waals surface area contributed by atoms with E-state index in [0.717, 1.165) is 50.6 Å². The van der Waals surface area contributed by atoms with E-state index in [1.165, 1.54) is 38.5 Å². The summed E-state index contributed by atoms with van der Waals surface area (Å²) in [6.45, 7) is 1.95. The summed E-state index contributed by atoms with van der Waals surface area (Å²) in [5.41, 5.74) is 5.88. The molecule has 2 aliphatic carbocycles. The Bertz CT molecular complexity index is 336. The quantitative estimate of drug-likeness (QED) is 0.791. The Morgan fingerprint density at radius 3 is 2.37 bits per heavy atom. The van der Waals surface area contributed by atoms with E-state index in [-0.39, 0.29) is 5.91 Å². The predicted octanol–water partition coefficient (Wildman–Crippen LogP) is 2.69. The number of carbonyl (C=O) groups excluding carboxylic acids is 1. The number of hydrogen-bond donors (Lipinski definition) is 1. The van der Waals surface area contributed by atoms with Crippen LogP contribution in [0.15, 0.2) is 0 Å². The number of amides is 1. The van der Waals surface area contributed by atoms with Crippen LogP contribution in [-0.4, -0.2) is 29.4 Å². The first kappa shape index (κ1) is 13.4. The molecule has 0 aromatic carbocycles. The molecule has 2 atom stereocenters. The van der Waals surface area contributed by atoms with Crippen molar-refractivity contribution in [3.05, 3.63) is 0 Å². The van der Waals surface area contributed by atoms with Gasteiger partial charge in [-0.15, -0.1) is 0 Å². The fourth-order valence-corrected chi connectivity index (χ4v) is 4.50. The molecule has 2 unspecified atom stereocenters. The number of likely N-dealkylation sites (tertiary alicyclic amines) is 1. The van der Waals surface area contributed by atoms with Gasteiger partial charge in [0.05, 0.1) is 5.54 Å². The molecule has 19 heavy (non-hydrogen) atoms. The van der Waals surface area contributed by atoms with E-state index in [9.17, 15) is 4.79 Å². The molecule has 3 nitrogen and oxygen atoms in total. The standard InChI is InChI=1S/C16H28N2O/c17-16(9-4-1-5-10-16)15(19)18-11-8-13-6-2-3-7-14(13)12-18/h13-14H,1-12,17H2. The summed E-state index contributed by atoms with van der Waals surface area (Å²) in [6.07, 6.45) is 12.0. The van der Waals surface area contributed by atoms with Gasteiger partial charge >= 0.3 is 0 Å². The zero-order valence-corrected chi connectivity index (χ0v) is 12.1. The van der Waals surface area contributed by atoms with Crippen LogP contribution in [0.5, 0.6) is 0 Å². The van der Waals surface area contributed by atoms with Crippen molar-refractivity contribution in [2.75, 3.05) is 13.1 Å². The molecule has 0 spiro atoms. The highest BCUT2D eigenvalue weighted by molar-refractivity contribution is 5.86. The molecule has 2 saturated carbocycles. The summed E-state index contributed by atoms with van der Waals surface area (Å²) in [5.74, 6) is 1.91. The Morgan fingerprint density at radius 2 is 1.63 bits per heavy atom. The van der Waals surface area contributed by atoms with Crippen molar-refractivity contribution in [1.82, 2.24) is 4.90 Å². The van der Waals surface area contributed by atoms with E-state index < -0.39 is 5.54 Å². The molecule has 0 aromatic rings. The first-order valence-electron chi connectivity index (χ1n) is 8.27. The molecule has 0 radical (unpaired) electrons. The van der Waals surface area contributed by atoms with Crippen molar-refractivity contribution >= 4 is 5.91 Å². The maximum Gasteiger partial charge on any atom is 0.242 e. The molecule has 1 aliphatic heterocycles. The van der Waals surface area contributed by atoms with Crippen molar-refractivity contribution < 1.29 is 4.79 Å². The summed E-state index contributed by atoms with van der Waals surface area (Å²) in [5, 5.41) is 0. The lowest BCUT2D eigenvalue weighted by Gasteiger charge is -2.44. The largest absolute Gasteiger partial charge is 0.341 e. The van der Waals surface area contributed by atoms with Gasteiger partial charge < -0.3 is 10.6 Å². The average molecular weight is 264 g/mol. The van der Waals surface area contributed by atoms with Crippen molar-refractivity contribution in [2.24, 2.45) is 17.6 Å². The molecule has 2 N–H and O–H groups in total. The van der Waals surface area contributed by atoms with E-state index in [1.807, 2.05) is 0 Å². The van der Waals surface area contributed by atoms with Gasteiger partial charge in [-0.2, -0.15) is 0 Å². The molecule has 1 saturated heterocycles. The smallest absolute Gasteiger partial charge is 0.242 e. The van der Waals surface area contributed by atoms with Crippen LogP contribution >= 0.6 is 0 Å². The number of nitrogens with two attached hydrogens (primary N) is 1. The zero-order chi connectivity index (χ0) is 13.3. The number of fused-ring (bicyclic) bond motifs is 1. The molecule has 1 amide bonds. The van der Waals surface area contributed by atoms with Crippen LogP contribution in [0, 0.1) is 11.8 Å². The van der Waals surface area contributed by atoms with Gasteiger partial charge in [0.15, 0.2) is 0 Å².